The molecule has 0 unspecified atom stereocenters. The summed E-state index contributed by atoms with van der Waals surface area (Å²) in [5.74, 6) is 0. The van der Waals surface area contributed by atoms with Gasteiger partial charge in [0.05, 0.1) is 0 Å². The number of rotatable bonds is 2. The van der Waals surface area contributed by atoms with E-state index in [9.17, 15) is 0 Å². The van der Waals surface area contributed by atoms with E-state index in [0.29, 0.717) is 0 Å². The van der Waals surface area contributed by atoms with Crippen molar-refractivity contribution < 1.29 is 0 Å². The second kappa shape index (κ2) is 5.91. The Balaban J connectivity index is 1.97. The molecule has 0 aromatic heterocycles. The van der Waals surface area contributed by atoms with Crippen LogP contribution >= 0.6 is 11.6 Å². The first-order valence-corrected chi connectivity index (χ1v) is 8.04. The molecular formula is C22H15Cl. The number of hydrogen-bond acceptors (Lipinski definition) is 0. The molecule has 0 spiro atoms. The van der Waals surface area contributed by atoms with Gasteiger partial charge in [-0.05, 0) is 45.2 Å². The molecule has 4 aromatic rings. The summed E-state index contributed by atoms with van der Waals surface area (Å²) in [4.78, 5) is 0. The molecule has 0 aliphatic heterocycles. The molecule has 0 fully saturated rings. The van der Waals surface area contributed by atoms with Crippen LogP contribution in [0.2, 0.25) is 5.02 Å². The van der Waals surface area contributed by atoms with Crippen molar-refractivity contribution in [3.8, 4) is 22.3 Å². The highest BCUT2D eigenvalue weighted by Crippen LogP contribution is 2.36. The van der Waals surface area contributed by atoms with E-state index >= 15 is 0 Å². The van der Waals surface area contributed by atoms with Crippen molar-refractivity contribution in [2.45, 2.75) is 0 Å². The zero-order chi connectivity index (χ0) is 15.6. The summed E-state index contributed by atoms with van der Waals surface area (Å²) in [5, 5.41) is 3.30. The van der Waals surface area contributed by atoms with Gasteiger partial charge < -0.3 is 0 Å². The summed E-state index contributed by atoms with van der Waals surface area (Å²) in [6.07, 6.45) is 0. The average molecular weight is 315 g/mol. The third-order valence-electron chi connectivity index (χ3n) is 4.16. The maximum atomic E-state index is 6.03. The van der Waals surface area contributed by atoms with E-state index in [1.54, 1.807) is 0 Å². The molecule has 0 bridgehead atoms. The SMILES string of the molecule is Clc1ccc(-c2ccccc2-c2cccc3ccccc23)cc1. The lowest BCUT2D eigenvalue weighted by Crippen LogP contribution is -1.86. The van der Waals surface area contributed by atoms with E-state index in [0.717, 1.165) is 5.02 Å². The maximum Gasteiger partial charge on any atom is 0.0406 e. The predicted octanol–water partition coefficient (Wildman–Crippen LogP) is 6.83. The van der Waals surface area contributed by atoms with E-state index in [1.165, 1.54) is 33.0 Å². The molecular weight excluding hydrogens is 300 g/mol. The van der Waals surface area contributed by atoms with Gasteiger partial charge in [-0.2, -0.15) is 0 Å². The van der Waals surface area contributed by atoms with Crippen LogP contribution in [0.15, 0.2) is 91.0 Å². The third-order valence-corrected chi connectivity index (χ3v) is 4.41. The molecule has 4 aromatic carbocycles. The van der Waals surface area contributed by atoms with Gasteiger partial charge in [0.25, 0.3) is 0 Å². The fraction of sp³-hybridized carbons (Fsp3) is 0. The van der Waals surface area contributed by atoms with Crippen molar-refractivity contribution >= 4 is 22.4 Å². The lowest BCUT2D eigenvalue weighted by atomic mass is 9.91. The van der Waals surface area contributed by atoms with E-state index in [1.807, 2.05) is 12.1 Å². The Morgan fingerprint density at radius 1 is 0.478 bits per heavy atom. The zero-order valence-electron chi connectivity index (χ0n) is 12.5. The molecule has 0 radical (unpaired) electrons. The van der Waals surface area contributed by atoms with Gasteiger partial charge in [0.2, 0.25) is 0 Å². The van der Waals surface area contributed by atoms with Crippen molar-refractivity contribution in [1.82, 2.24) is 0 Å². The van der Waals surface area contributed by atoms with Gasteiger partial charge in [-0.3, -0.25) is 0 Å². The van der Waals surface area contributed by atoms with Gasteiger partial charge >= 0.3 is 0 Å². The number of hydrogen-bond donors (Lipinski definition) is 0. The fourth-order valence-electron chi connectivity index (χ4n) is 3.06. The lowest BCUT2D eigenvalue weighted by Gasteiger charge is -2.12. The van der Waals surface area contributed by atoms with E-state index in [2.05, 4.69) is 78.9 Å². The standard InChI is InChI=1S/C22H15Cl/c23-18-14-12-17(13-15-18)20-9-3-4-10-21(20)22-11-5-7-16-6-1-2-8-19(16)22/h1-15H. The first kappa shape index (κ1) is 14.0. The normalized spacial score (nSPS) is 10.8. The highest BCUT2D eigenvalue weighted by atomic mass is 35.5. The molecule has 0 saturated heterocycles. The smallest absolute Gasteiger partial charge is 0.0406 e. The fourth-order valence-corrected chi connectivity index (χ4v) is 3.19. The minimum Gasteiger partial charge on any atom is -0.0843 e. The summed E-state index contributed by atoms with van der Waals surface area (Å²) in [5.41, 5.74) is 4.90. The summed E-state index contributed by atoms with van der Waals surface area (Å²) in [6.45, 7) is 0. The molecule has 23 heavy (non-hydrogen) atoms. The van der Waals surface area contributed by atoms with Crippen LogP contribution in [0.25, 0.3) is 33.0 Å². The monoisotopic (exact) mass is 314 g/mol. The minimum absolute atomic E-state index is 0.761. The van der Waals surface area contributed by atoms with Crippen LogP contribution in [0, 0.1) is 0 Å². The Kier molecular flexibility index (Phi) is 3.61. The average Bonchev–Trinajstić information content (AvgIpc) is 2.62. The first-order valence-electron chi connectivity index (χ1n) is 7.66. The van der Waals surface area contributed by atoms with E-state index in [-0.39, 0.29) is 0 Å². The van der Waals surface area contributed by atoms with E-state index in [4.69, 9.17) is 11.6 Å². The van der Waals surface area contributed by atoms with Gasteiger partial charge in [-0.1, -0.05) is 90.5 Å². The van der Waals surface area contributed by atoms with Crippen LogP contribution in [0.3, 0.4) is 0 Å². The molecule has 0 saturated carbocycles. The van der Waals surface area contributed by atoms with Crippen molar-refractivity contribution in [2.24, 2.45) is 0 Å². The molecule has 0 amide bonds. The van der Waals surface area contributed by atoms with Crippen LogP contribution in [-0.2, 0) is 0 Å². The summed E-state index contributed by atoms with van der Waals surface area (Å²) < 4.78 is 0. The predicted molar refractivity (Wildman–Crippen MR) is 99.8 cm³/mol. The van der Waals surface area contributed by atoms with Gasteiger partial charge in [-0.25, -0.2) is 0 Å². The topological polar surface area (TPSA) is 0 Å². The molecule has 0 heterocycles. The molecule has 0 N–H and O–H groups in total. The molecule has 0 aliphatic carbocycles. The number of halogens is 1. The van der Waals surface area contributed by atoms with Gasteiger partial charge in [0.15, 0.2) is 0 Å². The highest BCUT2D eigenvalue weighted by molar-refractivity contribution is 6.30. The molecule has 0 atom stereocenters. The third kappa shape index (κ3) is 2.62. The summed E-state index contributed by atoms with van der Waals surface area (Å²) in [6, 6.07) is 31.5. The van der Waals surface area contributed by atoms with Crippen LogP contribution < -0.4 is 0 Å². The second-order valence-electron chi connectivity index (χ2n) is 5.58. The Morgan fingerprint density at radius 2 is 1.09 bits per heavy atom. The molecule has 110 valence electrons. The highest BCUT2D eigenvalue weighted by Gasteiger charge is 2.09. The zero-order valence-corrected chi connectivity index (χ0v) is 13.3. The van der Waals surface area contributed by atoms with Crippen molar-refractivity contribution in [3.63, 3.8) is 0 Å². The van der Waals surface area contributed by atoms with E-state index < -0.39 is 0 Å². The van der Waals surface area contributed by atoms with Crippen LogP contribution in [-0.4, -0.2) is 0 Å². The first-order chi connectivity index (χ1) is 11.3. The van der Waals surface area contributed by atoms with Crippen LogP contribution in [0.4, 0.5) is 0 Å². The Bertz CT molecular complexity index is 963. The lowest BCUT2D eigenvalue weighted by molar-refractivity contribution is 1.60. The van der Waals surface area contributed by atoms with Crippen molar-refractivity contribution in [1.29, 1.82) is 0 Å². The Labute approximate surface area is 141 Å². The van der Waals surface area contributed by atoms with Gasteiger partial charge in [0.1, 0.15) is 0 Å². The van der Waals surface area contributed by atoms with Crippen molar-refractivity contribution in [3.05, 3.63) is 96.0 Å². The second-order valence-corrected chi connectivity index (χ2v) is 6.02. The Hall–Kier alpha value is -2.57. The van der Waals surface area contributed by atoms with Crippen LogP contribution in [0.5, 0.6) is 0 Å². The van der Waals surface area contributed by atoms with Gasteiger partial charge in [0, 0.05) is 5.02 Å². The molecule has 4 rings (SSSR count). The number of benzene rings is 4. The summed E-state index contributed by atoms with van der Waals surface area (Å²) >= 11 is 6.03. The minimum atomic E-state index is 0.761. The number of fused-ring (bicyclic) bond motifs is 1. The Morgan fingerprint density at radius 3 is 1.91 bits per heavy atom. The molecule has 0 aliphatic rings. The van der Waals surface area contributed by atoms with Crippen molar-refractivity contribution in [2.75, 3.05) is 0 Å². The summed E-state index contributed by atoms with van der Waals surface area (Å²) in [7, 11) is 0. The largest absolute Gasteiger partial charge is 0.0843 e. The van der Waals surface area contributed by atoms with Gasteiger partial charge in [-0.15, -0.1) is 0 Å². The van der Waals surface area contributed by atoms with Crippen LogP contribution in [0.1, 0.15) is 0 Å². The maximum absolute atomic E-state index is 6.03. The molecule has 0 nitrogen and oxygen atoms in total. The quantitative estimate of drug-likeness (QED) is 0.380. The molecule has 1 heteroatoms.